The van der Waals surface area contributed by atoms with E-state index in [1.54, 1.807) is 12.5 Å². The molecule has 1 saturated heterocycles. The first-order chi connectivity index (χ1) is 9.19. The highest BCUT2D eigenvalue weighted by molar-refractivity contribution is 5.91. The van der Waals surface area contributed by atoms with Crippen LogP contribution in [0.5, 0.6) is 0 Å². The van der Waals surface area contributed by atoms with Crippen molar-refractivity contribution in [2.45, 2.75) is 19.4 Å². The van der Waals surface area contributed by atoms with Crippen LogP contribution in [0.25, 0.3) is 0 Å². The molecule has 0 atom stereocenters. The average Bonchev–Trinajstić information content (AvgIpc) is 2.87. The van der Waals surface area contributed by atoms with Crippen molar-refractivity contribution in [1.82, 2.24) is 19.8 Å². The monoisotopic (exact) mass is 265 g/mol. The summed E-state index contributed by atoms with van der Waals surface area (Å²) < 4.78 is 1.84. The number of amides is 1. The Bertz CT molecular complexity index is 409. The van der Waals surface area contributed by atoms with Gasteiger partial charge in [-0.25, -0.2) is 4.98 Å². The molecule has 0 aliphatic carbocycles. The summed E-state index contributed by atoms with van der Waals surface area (Å²) in [5.74, 6) is 0.501. The second kappa shape index (κ2) is 6.68. The highest BCUT2D eigenvalue weighted by Gasteiger charge is 2.18. The second-order valence-corrected chi connectivity index (χ2v) is 5.24. The van der Waals surface area contributed by atoms with Crippen LogP contribution in [0.3, 0.4) is 0 Å². The number of hydrogen-bond acceptors (Lipinski definition) is 4. The summed E-state index contributed by atoms with van der Waals surface area (Å²) in [6.07, 6.45) is 5.70. The molecule has 1 aliphatic heterocycles. The molecule has 19 heavy (non-hydrogen) atoms. The van der Waals surface area contributed by atoms with Crippen molar-refractivity contribution in [2.75, 3.05) is 33.2 Å². The Labute approximate surface area is 114 Å². The summed E-state index contributed by atoms with van der Waals surface area (Å²) in [4.78, 5) is 18.4. The zero-order valence-corrected chi connectivity index (χ0v) is 11.5. The smallest absolute Gasteiger partial charge is 0.271 e. The van der Waals surface area contributed by atoms with Gasteiger partial charge >= 0.3 is 0 Å². The molecule has 0 aromatic carbocycles. The maximum atomic E-state index is 11.9. The molecule has 6 nitrogen and oxygen atoms in total. The van der Waals surface area contributed by atoms with Gasteiger partial charge in [-0.15, -0.1) is 0 Å². The number of piperidine rings is 1. The first-order valence-electron chi connectivity index (χ1n) is 6.87. The third-order valence-corrected chi connectivity index (χ3v) is 3.64. The minimum absolute atomic E-state index is 0.0882. The first kappa shape index (κ1) is 14.0. The predicted octanol–water partition coefficient (Wildman–Crippen LogP) is -0.0866. The van der Waals surface area contributed by atoms with Crippen molar-refractivity contribution >= 4 is 5.91 Å². The fraction of sp³-hybridized carbons (Fsp3) is 0.692. The van der Waals surface area contributed by atoms with Crippen LogP contribution in [0.15, 0.2) is 12.5 Å². The summed E-state index contributed by atoms with van der Waals surface area (Å²) in [6.45, 7) is 4.22. The van der Waals surface area contributed by atoms with Gasteiger partial charge in [0.15, 0.2) is 0 Å². The summed E-state index contributed by atoms with van der Waals surface area (Å²) in [6, 6.07) is 0. The molecule has 0 spiro atoms. The second-order valence-electron chi connectivity index (χ2n) is 5.24. The van der Waals surface area contributed by atoms with E-state index < -0.39 is 0 Å². The van der Waals surface area contributed by atoms with Crippen LogP contribution in [0.2, 0.25) is 0 Å². The van der Waals surface area contributed by atoms with Crippen molar-refractivity contribution in [2.24, 2.45) is 11.7 Å². The Hall–Kier alpha value is -1.40. The summed E-state index contributed by atoms with van der Waals surface area (Å²) in [5.41, 5.74) is 5.93. The van der Waals surface area contributed by atoms with Crippen LogP contribution in [-0.4, -0.2) is 53.6 Å². The SMILES string of the molecule is CN1CCC(CNC(=O)c2cn(CCN)cn2)CC1. The number of hydrogen-bond donors (Lipinski definition) is 2. The lowest BCUT2D eigenvalue weighted by molar-refractivity contribution is 0.0934. The molecule has 1 amide bonds. The quantitative estimate of drug-likeness (QED) is 0.780. The lowest BCUT2D eigenvalue weighted by atomic mass is 9.97. The zero-order chi connectivity index (χ0) is 13.7. The molecule has 1 fully saturated rings. The molecule has 0 unspecified atom stereocenters. The molecule has 2 heterocycles. The van der Waals surface area contributed by atoms with E-state index in [2.05, 4.69) is 22.2 Å². The van der Waals surface area contributed by atoms with Crippen molar-refractivity contribution < 1.29 is 4.79 Å². The van der Waals surface area contributed by atoms with E-state index in [0.29, 0.717) is 24.7 Å². The largest absolute Gasteiger partial charge is 0.350 e. The van der Waals surface area contributed by atoms with Gasteiger partial charge in [0.2, 0.25) is 0 Å². The maximum absolute atomic E-state index is 11.9. The van der Waals surface area contributed by atoms with Gasteiger partial charge in [-0.3, -0.25) is 4.79 Å². The van der Waals surface area contributed by atoms with Crippen molar-refractivity contribution in [3.05, 3.63) is 18.2 Å². The Morgan fingerprint density at radius 3 is 2.95 bits per heavy atom. The standard InChI is InChI=1S/C13H23N5O/c1-17-5-2-11(3-6-17)8-15-13(19)12-9-18(7-4-14)10-16-12/h9-11H,2-8,14H2,1H3,(H,15,19). The van der Waals surface area contributed by atoms with E-state index in [1.165, 1.54) is 0 Å². The maximum Gasteiger partial charge on any atom is 0.271 e. The molecule has 2 rings (SSSR count). The molecule has 1 aromatic rings. The van der Waals surface area contributed by atoms with Crippen molar-refractivity contribution in [3.63, 3.8) is 0 Å². The highest BCUT2D eigenvalue weighted by Crippen LogP contribution is 2.14. The predicted molar refractivity (Wildman–Crippen MR) is 73.8 cm³/mol. The van der Waals surface area contributed by atoms with E-state index in [0.717, 1.165) is 32.5 Å². The number of rotatable bonds is 5. The number of imidazole rings is 1. The number of likely N-dealkylation sites (tertiary alicyclic amines) is 1. The van der Waals surface area contributed by atoms with E-state index in [9.17, 15) is 4.79 Å². The number of aromatic nitrogens is 2. The molecule has 1 aliphatic rings. The van der Waals surface area contributed by atoms with E-state index in [-0.39, 0.29) is 5.91 Å². The number of nitrogens with two attached hydrogens (primary N) is 1. The topological polar surface area (TPSA) is 76.2 Å². The van der Waals surface area contributed by atoms with Gasteiger partial charge in [0.1, 0.15) is 5.69 Å². The summed E-state index contributed by atoms with van der Waals surface area (Å²) in [7, 11) is 2.14. The molecule has 106 valence electrons. The molecule has 0 saturated carbocycles. The minimum atomic E-state index is -0.0882. The van der Waals surface area contributed by atoms with Gasteiger partial charge in [0, 0.05) is 25.8 Å². The van der Waals surface area contributed by atoms with Gasteiger partial charge < -0.3 is 20.5 Å². The summed E-state index contributed by atoms with van der Waals surface area (Å²) >= 11 is 0. The van der Waals surface area contributed by atoms with Crippen LogP contribution < -0.4 is 11.1 Å². The summed E-state index contributed by atoms with van der Waals surface area (Å²) in [5, 5.41) is 2.97. The average molecular weight is 265 g/mol. The fourth-order valence-electron chi connectivity index (χ4n) is 2.34. The molecule has 3 N–H and O–H groups in total. The number of carbonyl (C=O) groups excluding carboxylic acids is 1. The van der Waals surface area contributed by atoms with Gasteiger partial charge in [0.05, 0.1) is 6.33 Å². The highest BCUT2D eigenvalue weighted by atomic mass is 16.1. The Kier molecular flexibility index (Phi) is 4.93. The van der Waals surface area contributed by atoms with Crippen molar-refractivity contribution in [1.29, 1.82) is 0 Å². The molecular formula is C13H23N5O. The fourth-order valence-corrected chi connectivity index (χ4v) is 2.34. The molecule has 1 aromatic heterocycles. The van der Waals surface area contributed by atoms with Crippen LogP contribution in [0.1, 0.15) is 23.3 Å². The Balaban J connectivity index is 1.77. The lowest BCUT2D eigenvalue weighted by Crippen LogP contribution is -2.37. The molecule has 6 heteroatoms. The van der Waals surface area contributed by atoms with Gasteiger partial charge in [-0.05, 0) is 38.9 Å². The van der Waals surface area contributed by atoms with E-state index in [4.69, 9.17) is 5.73 Å². The third-order valence-electron chi connectivity index (χ3n) is 3.64. The molecule has 0 radical (unpaired) electrons. The van der Waals surface area contributed by atoms with Crippen molar-refractivity contribution in [3.8, 4) is 0 Å². The molecular weight excluding hydrogens is 242 g/mol. The van der Waals surface area contributed by atoms with E-state index >= 15 is 0 Å². The lowest BCUT2D eigenvalue weighted by Gasteiger charge is -2.28. The third kappa shape index (κ3) is 4.04. The van der Waals surface area contributed by atoms with Crippen LogP contribution >= 0.6 is 0 Å². The minimum Gasteiger partial charge on any atom is -0.350 e. The number of nitrogens with one attached hydrogen (secondary N) is 1. The number of nitrogens with zero attached hydrogens (tertiary/aromatic N) is 3. The first-order valence-corrected chi connectivity index (χ1v) is 6.87. The van der Waals surface area contributed by atoms with E-state index in [1.807, 2.05) is 4.57 Å². The van der Waals surface area contributed by atoms with Gasteiger partial charge in [-0.1, -0.05) is 0 Å². The Morgan fingerprint density at radius 1 is 1.53 bits per heavy atom. The normalized spacial score (nSPS) is 17.6. The van der Waals surface area contributed by atoms with Gasteiger partial charge in [-0.2, -0.15) is 0 Å². The van der Waals surface area contributed by atoms with Crippen LogP contribution in [0.4, 0.5) is 0 Å². The van der Waals surface area contributed by atoms with Gasteiger partial charge in [0.25, 0.3) is 5.91 Å². The Morgan fingerprint density at radius 2 is 2.26 bits per heavy atom. The molecule has 0 bridgehead atoms. The van der Waals surface area contributed by atoms with Crippen LogP contribution in [-0.2, 0) is 6.54 Å². The number of carbonyl (C=O) groups is 1. The zero-order valence-electron chi connectivity index (χ0n) is 11.5. The van der Waals surface area contributed by atoms with Crippen LogP contribution in [0, 0.1) is 5.92 Å².